The van der Waals surface area contributed by atoms with E-state index >= 15 is 0 Å². The molecular weight excluding hydrogens is 337 g/mol. The molecule has 2 aliphatic rings. The predicted molar refractivity (Wildman–Crippen MR) is 97.4 cm³/mol. The summed E-state index contributed by atoms with van der Waals surface area (Å²) in [5.74, 6) is -0.432. The van der Waals surface area contributed by atoms with Crippen molar-refractivity contribution < 1.29 is 4.39 Å². The van der Waals surface area contributed by atoms with Crippen LogP contribution >= 0.6 is 0 Å². The molecule has 3 heterocycles. The van der Waals surface area contributed by atoms with Crippen LogP contribution in [0.3, 0.4) is 0 Å². The van der Waals surface area contributed by atoms with Gasteiger partial charge in [-0.05, 0) is 25.0 Å². The summed E-state index contributed by atoms with van der Waals surface area (Å²) in [6.45, 7) is 3.01. The molecule has 2 aromatic heterocycles. The Morgan fingerprint density at radius 3 is 2.65 bits per heavy atom. The Labute approximate surface area is 147 Å². The zero-order valence-corrected chi connectivity index (χ0v) is 14.1. The fraction of sp³-hybridized carbons (Fsp3) is 0.389. The number of H-pyrrole nitrogens is 1. The molecule has 2 fully saturated rings. The maximum atomic E-state index is 14.8. The first-order valence-electron chi connectivity index (χ1n) is 8.86. The maximum Gasteiger partial charge on any atom is 0.264 e. The highest BCUT2D eigenvalue weighted by Gasteiger charge is 2.29. The summed E-state index contributed by atoms with van der Waals surface area (Å²) in [6, 6.07) is 3.22. The van der Waals surface area contributed by atoms with Crippen LogP contribution in [0, 0.1) is 5.82 Å². The predicted octanol–water partition coefficient (Wildman–Crippen LogP) is 1.12. The van der Waals surface area contributed by atoms with Gasteiger partial charge < -0.3 is 19.8 Å². The highest BCUT2D eigenvalue weighted by molar-refractivity contribution is 5.93. The molecule has 1 aromatic carbocycles. The smallest absolute Gasteiger partial charge is 0.264 e. The third-order valence-electron chi connectivity index (χ3n) is 5.23. The van der Waals surface area contributed by atoms with Gasteiger partial charge in [-0.2, -0.15) is 0 Å². The number of aromatic nitrogens is 3. The molecule has 0 spiro atoms. The Hall–Kier alpha value is -2.74. The van der Waals surface area contributed by atoms with Gasteiger partial charge in [-0.3, -0.25) is 9.59 Å². The van der Waals surface area contributed by atoms with Crippen LogP contribution in [0.15, 0.2) is 28.0 Å². The first-order chi connectivity index (χ1) is 12.6. The highest BCUT2D eigenvalue weighted by atomic mass is 19.1. The van der Waals surface area contributed by atoms with E-state index in [9.17, 15) is 14.0 Å². The molecule has 26 heavy (non-hydrogen) atoms. The molecule has 1 aliphatic heterocycles. The van der Waals surface area contributed by atoms with Crippen LogP contribution in [0.4, 0.5) is 10.1 Å². The van der Waals surface area contributed by atoms with Crippen LogP contribution in [0.1, 0.15) is 18.9 Å². The van der Waals surface area contributed by atoms with E-state index in [0.29, 0.717) is 29.9 Å². The van der Waals surface area contributed by atoms with Gasteiger partial charge in [0.1, 0.15) is 11.2 Å². The normalized spacial score (nSPS) is 18.0. The number of pyridine rings is 1. The average molecular weight is 355 g/mol. The minimum Gasteiger partial charge on any atom is -0.367 e. The third-order valence-corrected chi connectivity index (χ3v) is 5.23. The van der Waals surface area contributed by atoms with Gasteiger partial charge in [-0.15, -0.1) is 0 Å². The summed E-state index contributed by atoms with van der Waals surface area (Å²) in [5, 5.41) is 3.49. The van der Waals surface area contributed by atoms with Gasteiger partial charge in [0.15, 0.2) is 5.65 Å². The molecule has 3 aromatic rings. The molecule has 1 aliphatic carbocycles. The van der Waals surface area contributed by atoms with E-state index in [4.69, 9.17) is 0 Å². The number of benzene rings is 1. The summed E-state index contributed by atoms with van der Waals surface area (Å²) >= 11 is 0. The van der Waals surface area contributed by atoms with E-state index in [0.717, 1.165) is 25.9 Å². The lowest BCUT2D eigenvalue weighted by atomic mass is 10.1. The zero-order valence-electron chi connectivity index (χ0n) is 14.1. The van der Waals surface area contributed by atoms with Gasteiger partial charge >= 0.3 is 0 Å². The number of fused-ring (bicyclic) bond motifs is 2. The molecule has 7 nitrogen and oxygen atoms in total. The summed E-state index contributed by atoms with van der Waals surface area (Å²) in [5.41, 5.74) is 0.580. The molecule has 1 saturated heterocycles. The Morgan fingerprint density at radius 2 is 1.92 bits per heavy atom. The van der Waals surface area contributed by atoms with Crippen LogP contribution in [0.2, 0.25) is 0 Å². The van der Waals surface area contributed by atoms with Gasteiger partial charge in [-0.1, -0.05) is 0 Å². The molecule has 0 amide bonds. The molecule has 5 rings (SSSR count). The number of hydrogen-bond donors (Lipinski definition) is 2. The van der Waals surface area contributed by atoms with Crippen molar-refractivity contribution in [2.45, 2.75) is 18.9 Å². The van der Waals surface area contributed by atoms with Crippen molar-refractivity contribution in [3.05, 3.63) is 44.9 Å². The first-order valence-corrected chi connectivity index (χ1v) is 8.86. The maximum absolute atomic E-state index is 14.8. The number of anilines is 1. The number of rotatable bonds is 2. The Kier molecular flexibility index (Phi) is 3.36. The molecule has 0 radical (unpaired) electrons. The summed E-state index contributed by atoms with van der Waals surface area (Å²) in [4.78, 5) is 33.8. The van der Waals surface area contributed by atoms with Gasteiger partial charge in [0.25, 0.3) is 5.56 Å². The van der Waals surface area contributed by atoms with Crippen LogP contribution in [0.25, 0.3) is 21.9 Å². The molecule has 134 valence electrons. The second kappa shape index (κ2) is 5.63. The Bertz CT molecular complexity index is 1140. The van der Waals surface area contributed by atoms with E-state index in [1.807, 2.05) is 9.47 Å². The lowest BCUT2D eigenvalue weighted by molar-refractivity contribution is 0.567. The zero-order chi connectivity index (χ0) is 17.8. The van der Waals surface area contributed by atoms with Crippen LogP contribution < -0.4 is 21.2 Å². The van der Waals surface area contributed by atoms with Crippen molar-refractivity contribution in [2.24, 2.45) is 0 Å². The first kappa shape index (κ1) is 15.5. The van der Waals surface area contributed by atoms with Crippen molar-refractivity contribution in [1.29, 1.82) is 0 Å². The lowest BCUT2D eigenvalue weighted by Gasteiger charge is -2.30. The average Bonchev–Trinajstić information content (AvgIpc) is 3.48. The second-order valence-corrected chi connectivity index (χ2v) is 6.92. The minimum absolute atomic E-state index is 0.00113. The topological polar surface area (TPSA) is 83.0 Å². The van der Waals surface area contributed by atoms with Gasteiger partial charge in [0, 0.05) is 37.6 Å². The van der Waals surface area contributed by atoms with Crippen molar-refractivity contribution in [2.75, 3.05) is 31.1 Å². The minimum atomic E-state index is -0.483. The SMILES string of the molecule is O=c1[nH]cnc2c1c(=O)c1cc(F)c(N3CCNCC3)cc1n2C1CC1. The summed E-state index contributed by atoms with van der Waals surface area (Å²) < 4.78 is 16.8. The standard InChI is InChI=1S/C18H18FN5O2/c19-12-7-11-13(8-14(12)23-5-3-20-4-6-23)24(10-1-2-10)17-15(16(11)25)18(26)22-9-21-17/h7-10,20H,1-6H2,(H,21,22,26). The van der Waals surface area contributed by atoms with Crippen LogP contribution in [0.5, 0.6) is 0 Å². The fourth-order valence-corrected chi connectivity index (χ4v) is 3.81. The number of piperazine rings is 1. The van der Waals surface area contributed by atoms with E-state index in [1.165, 1.54) is 12.4 Å². The molecule has 0 atom stereocenters. The van der Waals surface area contributed by atoms with Crippen molar-refractivity contribution >= 4 is 27.6 Å². The van der Waals surface area contributed by atoms with Gasteiger partial charge in [0.05, 0.1) is 17.5 Å². The number of nitrogens with one attached hydrogen (secondary N) is 2. The van der Waals surface area contributed by atoms with E-state index in [2.05, 4.69) is 15.3 Å². The van der Waals surface area contributed by atoms with Crippen molar-refractivity contribution in [1.82, 2.24) is 19.9 Å². The Morgan fingerprint density at radius 1 is 1.15 bits per heavy atom. The second-order valence-electron chi connectivity index (χ2n) is 6.92. The summed E-state index contributed by atoms with van der Waals surface area (Å²) in [6.07, 6.45) is 3.24. The quantitative estimate of drug-likeness (QED) is 0.673. The monoisotopic (exact) mass is 355 g/mol. The van der Waals surface area contributed by atoms with E-state index in [-0.39, 0.29) is 16.8 Å². The molecule has 0 unspecified atom stereocenters. The van der Waals surface area contributed by atoms with E-state index < -0.39 is 16.8 Å². The van der Waals surface area contributed by atoms with Gasteiger partial charge in [0.2, 0.25) is 5.43 Å². The largest absolute Gasteiger partial charge is 0.367 e. The molecule has 2 N–H and O–H groups in total. The van der Waals surface area contributed by atoms with Crippen molar-refractivity contribution in [3.8, 4) is 0 Å². The summed E-state index contributed by atoms with van der Waals surface area (Å²) in [7, 11) is 0. The van der Waals surface area contributed by atoms with E-state index in [1.54, 1.807) is 6.07 Å². The molecule has 0 bridgehead atoms. The number of nitrogens with zero attached hydrogens (tertiary/aromatic N) is 3. The number of hydrogen-bond acceptors (Lipinski definition) is 5. The number of aromatic amines is 1. The number of halogens is 1. The van der Waals surface area contributed by atoms with Crippen LogP contribution in [-0.4, -0.2) is 40.7 Å². The molecule has 8 heteroatoms. The van der Waals surface area contributed by atoms with Gasteiger partial charge in [-0.25, -0.2) is 9.37 Å². The Balaban J connectivity index is 1.88. The van der Waals surface area contributed by atoms with Crippen LogP contribution in [-0.2, 0) is 0 Å². The third kappa shape index (κ3) is 2.25. The highest BCUT2D eigenvalue weighted by Crippen LogP contribution is 2.39. The van der Waals surface area contributed by atoms with Crippen molar-refractivity contribution in [3.63, 3.8) is 0 Å². The molecular formula is C18H18FN5O2. The molecule has 1 saturated carbocycles. The fourth-order valence-electron chi connectivity index (χ4n) is 3.81. The lowest BCUT2D eigenvalue weighted by Crippen LogP contribution is -2.43.